The Labute approximate surface area is 364 Å². The molecule has 2 heterocycles. The molecule has 294 valence electrons. The van der Waals surface area contributed by atoms with Gasteiger partial charge in [0.05, 0.1) is 11.6 Å². The Bertz CT molecular complexity index is 3470. The van der Waals surface area contributed by atoms with E-state index in [1.165, 1.54) is 11.1 Å². The SMILES string of the molecule is N#Cc1ccc(-c2cccc(-c3nc(-c4ccc(-c5ccccc5)cc4)nc(-c4ccc5c(c4)oc4cc(-c6ccccc6)cc(-c6ccc(-c7ccccc7)cc6)c45)n3)c2)cc1. The minimum atomic E-state index is 0.537. The van der Waals surface area contributed by atoms with Crippen LogP contribution < -0.4 is 0 Å². The molecule has 11 rings (SSSR count). The average Bonchev–Trinajstić information content (AvgIpc) is 3.75. The second kappa shape index (κ2) is 16.0. The fourth-order valence-electron chi connectivity index (χ4n) is 8.32. The van der Waals surface area contributed by atoms with Gasteiger partial charge in [0.2, 0.25) is 0 Å². The van der Waals surface area contributed by atoms with Crippen LogP contribution in [0.5, 0.6) is 0 Å². The van der Waals surface area contributed by atoms with Crippen LogP contribution in [-0.2, 0) is 0 Å². The van der Waals surface area contributed by atoms with Gasteiger partial charge in [0, 0.05) is 27.5 Å². The molecule has 0 saturated heterocycles. The molecule has 0 fully saturated rings. The van der Waals surface area contributed by atoms with Crippen LogP contribution in [0.1, 0.15) is 5.56 Å². The largest absolute Gasteiger partial charge is 0.456 e. The van der Waals surface area contributed by atoms with Crippen LogP contribution in [0.2, 0.25) is 0 Å². The van der Waals surface area contributed by atoms with Crippen LogP contribution >= 0.6 is 0 Å². The number of nitriles is 1. The summed E-state index contributed by atoms with van der Waals surface area (Å²) < 4.78 is 6.81. The topological polar surface area (TPSA) is 75.6 Å². The molecule has 2 aromatic heterocycles. The van der Waals surface area contributed by atoms with Gasteiger partial charge in [-0.2, -0.15) is 5.26 Å². The summed E-state index contributed by atoms with van der Waals surface area (Å²) in [7, 11) is 0. The highest BCUT2D eigenvalue weighted by atomic mass is 16.3. The van der Waals surface area contributed by atoms with E-state index in [2.05, 4.69) is 152 Å². The van der Waals surface area contributed by atoms with Crippen LogP contribution in [0.3, 0.4) is 0 Å². The molecule has 5 heteroatoms. The molecule has 0 unspecified atom stereocenters. The van der Waals surface area contributed by atoms with Crippen LogP contribution in [0.15, 0.2) is 223 Å². The Kier molecular flexibility index (Phi) is 9.50. The molecule has 0 aliphatic carbocycles. The summed E-state index contributed by atoms with van der Waals surface area (Å²) in [6.45, 7) is 0. The van der Waals surface area contributed by atoms with Gasteiger partial charge in [-0.1, -0.05) is 176 Å². The van der Waals surface area contributed by atoms with Crippen LogP contribution in [-0.4, -0.2) is 15.0 Å². The average molecular weight is 805 g/mol. The predicted molar refractivity (Wildman–Crippen MR) is 255 cm³/mol. The van der Waals surface area contributed by atoms with Gasteiger partial charge >= 0.3 is 0 Å². The number of hydrogen-bond acceptors (Lipinski definition) is 5. The number of fused-ring (bicyclic) bond motifs is 3. The van der Waals surface area contributed by atoms with Gasteiger partial charge in [-0.05, 0) is 98.1 Å². The molecule has 0 amide bonds. The summed E-state index contributed by atoms with van der Waals surface area (Å²) in [5, 5.41) is 11.4. The maximum absolute atomic E-state index is 9.38. The van der Waals surface area contributed by atoms with Crippen LogP contribution in [0, 0.1) is 11.3 Å². The molecular weight excluding hydrogens is 769 g/mol. The highest BCUT2D eigenvalue weighted by Gasteiger charge is 2.19. The van der Waals surface area contributed by atoms with E-state index < -0.39 is 0 Å². The van der Waals surface area contributed by atoms with Gasteiger partial charge in [-0.3, -0.25) is 0 Å². The summed E-state index contributed by atoms with van der Waals surface area (Å²) in [5.41, 5.74) is 15.7. The van der Waals surface area contributed by atoms with Gasteiger partial charge < -0.3 is 4.42 Å². The Morgan fingerprint density at radius 2 is 0.730 bits per heavy atom. The summed E-state index contributed by atoms with van der Waals surface area (Å²) in [4.78, 5) is 15.3. The number of aromatic nitrogens is 3. The minimum absolute atomic E-state index is 0.537. The summed E-state index contributed by atoms with van der Waals surface area (Å²) in [6.07, 6.45) is 0. The first-order valence-electron chi connectivity index (χ1n) is 20.9. The van der Waals surface area contributed by atoms with Crippen molar-refractivity contribution in [2.24, 2.45) is 0 Å². The molecule has 0 bridgehead atoms. The van der Waals surface area contributed by atoms with Gasteiger partial charge in [-0.15, -0.1) is 0 Å². The monoisotopic (exact) mass is 804 g/mol. The second-order valence-corrected chi connectivity index (χ2v) is 15.5. The van der Waals surface area contributed by atoms with E-state index in [0.29, 0.717) is 23.0 Å². The maximum Gasteiger partial charge on any atom is 0.164 e. The molecule has 0 atom stereocenters. The lowest BCUT2D eigenvalue weighted by molar-refractivity contribution is 0.669. The van der Waals surface area contributed by atoms with Gasteiger partial charge in [0.15, 0.2) is 17.5 Å². The van der Waals surface area contributed by atoms with E-state index in [4.69, 9.17) is 19.4 Å². The van der Waals surface area contributed by atoms with E-state index in [9.17, 15) is 5.26 Å². The van der Waals surface area contributed by atoms with Gasteiger partial charge in [0.1, 0.15) is 11.2 Å². The molecule has 0 N–H and O–H groups in total. The summed E-state index contributed by atoms with van der Waals surface area (Å²) in [6, 6.07) is 77.0. The Balaban J connectivity index is 1.05. The van der Waals surface area contributed by atoms with Crippen molar-refractivity contribution in [3.8, 4) is 95.9 Å². The first-order valence-corrected chi connectivity index (χ1v) is 20.9. The first kappa shape index (κ1) is 37.3. The zero-order valence-electron chi connectivity index (χ0n) is 34.0. The predicted octanol–water partition coefficient (Wildman–Crippen LogP) is 15.0. The summed E-state index contributed by atoms with van der Waals surface area (Å²) in [5.74, 6) is 1.66. The Hall–Kier alpha value is -8.72. The molecule has 0 aliphatic heterocycles. The molecule has 5 nitrogen and oxygen atoms in total. The third kappa shape index (κ3) is 7.33. The lowest BCUT2D eigenvalue weighted by Crippen LogP contribution is -2.00. The fraction of sp³-hybridized carbons (Fsp3) is 0. The van der Waals surface area contributed by atoms with Gasteiger partial charge in [-0.25, -0.2) is 15.0 Å². The van der Waals surface area contributed by atoms with Crippen LogP contribution in [0.25, 0.3) is 112 Å². The van der Waals surface area contributed by atoms with E-state index in [1.807, 2.05) is 72.8 Å². The van der Waals surface area contributed by atoms with Crippen molar-refractivity contribution in [2.45, 2.75) is 0 Å². The van der Waals surface area contributed by atoms with E-state index in [1.54, 1.807) is 0 Å². The lowest BCUT2D eigenvalue weighted by Gasteiger charge is -2.11. The number of nitrogens with zero attached hydrogens (tertiary/aromatic N) is 4. The molecule has 0 spiro atoms. The number of furan rings is 1. The first-order chi connectivity index (χ1) is 31.1. The minimum Gasteiger partial charge on any atom is -0.456 e. The third-order valence-electron chi connectivity index (χ3n) is 11.6. The van der Waals surface area contributed by atoms with Crippen molar-refractivity contribution in [3.63, 3.8) is 0 Å². The van der Waals surface area contributed by atoms with Crippen molar-refractivity contribution in [2.75, 3.05) is 0 Å². The Morgan fingerprint density at radius 1 is 0.317 bits per heavy atom. The lowest BCUT2D eigenvalue weighted by atomic mass is 9.93. The standard InChI is InChI=1S/C58H36N4O/c59-37-38-19-21-44(22-20-38)47-17-10-18-48(33-47)57-60-56(46-29-25-43(26-30-46)40-13-6-2-7-14-40)61-58(62-57)49-31-32-51-53(35-49)63-54-36-50(41-15-8-3-9-16-41)34-52(55(51)54)45-27-23-42(24-28-45)39-11-4-1-5-12-39/h1-36H. The van der Waals surface area contributed by atoms with Crippen LogP contribution in [0.4, 0.5) is 0 Å². The van der Waals surface area contributed by atoms with Crippen molar-refractivity contribution < 1.29 is 4.42 Å². The maximum atomic E-state index is 9.38. The third-order valence-corrected chi connectivity index (χ3v) is 11.6. The number of benzene rings is 9. The van der Waals surface area contributed by atoms with Crippen molar-refractivity contribution in [1.29, 1.82) is 5.26 Å². The molecule has 0 radical (unpaired) electrons. The zero-order chi connectivity index (χ0) is 42.1. The smallest absolute Gasteiger partial charge is 0.164 e. The molecule has 0 aliphatic rings. The number of rotatable bonds is 8. The Morgan fingerprint density at radius 3 is 1.32 bits per heavy atom. The summed E-state index contributed by atoms with van der Waals surface area (Å²) >= 11 is 0. The molecule has 63 heavy (non-hydrogen) atoms. The van der Waals surface area contributed by atoms with E-state index in [0.717, 1.165) is 83.1 Å². The molecule has 9 aromatic carbocycles. The zero-order valence-corrected chi connectivity index (χ0v) is 34.0. The highest BCUT2D eigenvalue weighted by Crippen LogP contribution is 2.42. The van der Waals surface area contributed by atoms with Crippen molar-refractivity contribution in [3.05, 3.63) is 224 Å². The normalized spacial score (nSPS) is 11.2. The van der Waals surface area contributed by atoms with Crippen molar-refractivity contribution >= 4 is 21.9 Å². The van der Waals surface area contributed by atoms with E-state index >= 15 is 0 Å². The quantitative estimate of drug-likeness (QED) is 0.153. The second-order valence-electron chi connectivity index (χ2n) is 15.5. The molecule has 11 aromatic rings. The molecular formula is C58H36N4O. The highest BCUT2D eigenvalue weighted by molar-refractivity contribution is 6.14. The van der Waals surface area contributed by atoms with Crippen molar-refractivity contribution in [1.82, 2.24) is 15.0 Å². The number of hydrogen-bond donors (Lipinski definition) is 0. The fourth-order valence-corrected chi connectivity index (χ4v) is 8.32. The van der Waals surface area contributed by atoms with Gasteiger partial charge in [0.25, 0.3) is 0 Å². The van der Waals surface area contributed by atoms with E-state index in [-0.39, 0.29) is 0 Å². The molecule has 0 saturated carbocycles.